The maximum atomic E-state index is 12.0. The Morgan fingerprint density at radius 2 is 2.10 bits per heavy atom. The molecular weight excluding hydrogens is 274 g/mol. The van der Waals surface area contributed by atoms with Gasteiger partial charge in [-0.15, -0.1) is 5.10 Å². The van der Waals surface area contributed by atoms with Crippen molar-refractivity contribution in [1.29, 1.82) is 0 Å². The fraction of sp³-hybridized carbons (Fsp3) is 0.846. The molecule has 112 valence electrons. The number of rotatable bonds is 5. The molecule has 1 aliphatic carbocycles. The summed E-state index contributed by atoms with van der Waals surface area (Å²) in [6.07, 6.45) is 4.62. The minimum atomic E-state index is 0.0767. The van der Waals surface area contributed by atoms with Gasteiger partial charge in [0.05, 0.1) is 11.8 Å². The first-order chi connectivity index (χ1) is 9.56. The van der Waals surface area contributed by atoms with Crippen LogP contribution >= 0.6 is 11.8 Å². The Bertz CT molecular complexity index is 440. The Morgan fingerprint density at radius 3 is 2.75 bits per heavy atom. The summed E-state index contributed by atoms with van der Waals surface area (Å²) in [5.74, 6) is 1.25. The van der Waals surface area contributed by atoms with Crippen molar-refractivity contribution in [3.8, 4) is 0 Å². The van der Waals surface area contributed by atoms with Gasteiger partial charge in [-0.05, 0) is 55.9 Å². The maximum Gasteiger partial charge on any atom is 0.230 e. The number of hydrogen-bond donors (Lipinski definition) is 1. The van der Waals surface area contributed by atoms with Gasteiger partial charge in [0.2, 0.25) is 11.1 Å². The van der Waals surface area contributed by atoms with Crippen LogP contribution in [-0.2, 0) is 4.79 Å². The summed E-state index contributed by atoms with van der Waals surface area (Å²) in [5.41, 5.74) is 0. The number of carbonyl (C=O) groups excluding carboxylic acids is 1. The molecule has 1 heterocycles. The molecule has 20 heavy (non-hydrogen) atoms. The predicted octanol–water partition coefficient (Wildman–Crippen LogP) is 2.04. The standard InChI is InChI=1S/C13H23N5OS/c1-9(2)18-13(15-16-17-18)20-8-12(19)14-11-6-4-10(3)5-7-11/h9-11H,4-8H2,1-3H3,(H,14,19). The lowest BCUT2D eigenvalue weighted by atomic mass is 9.87. The fourth-order valence-corrected chi connectivity index (χ4v) is 3.23. The highest BCUT2D eigenvalue weighted by Crippen LogP contribution is 2.23. The Kier molecular flexibility index (Phi) is 5.39. The summed E-state index contributed by atoms with van der Waals surface area (Å²) >= 11 is 1.39. The molecule has 7 heteroatoms. The first kappa shape index (κ1) is 15.3. The molecule has 6 nitrogen and oxygen atoms in total. The van der Waals surface area contributed by atoms with E-state index in [-0.39, 0.29) is 11.9 Å². The molecule has 0 spiro atoms. The number of nitrogens with one attached hydrogen (secondary N) is 1. The second-order valence-corrected chi connectivity index (χ2v) is 6.76. The second-order valence-electron chi connectivity index (χ2n) is 5.81. The number of thioether (sulfide) groups is 1. The lowest BCUT2D eigenvalue weighted by Crippen LogP contribution is -2.38. The van der Waals surface area contributed by atoms with Gasteiger partial charge in [-0.2, -0.15) is 0 Å². The Hall–Kier alpha value is -1.11. The van der Waals surface area contributed by atoms with Crippen LogP contribution in [-0.4, -0.2) is 37.9 Å². The zero-order chi connectivity index (χ0) is 14.5. The Labute approximate surface area is 124 Å². The predicted molar refractivity (Wildman–Crippen MR) is 78.5 cm³/mol. The van der Waals surface area contributed by atoms with Crippen LogP contribution < -0.4 is 5.32 Å². The van der Waals surface area contributed by atoms with Crippen LogP contribution in [0.2, 0.25) is 0 Å². The summed E-state index contributed by atoms with van der Waals surface area (Å²) in [7, 11) is 0. The van der Waals surface area contributed by atoms with Gasteiger partial charge in [0.25, 0.3) is 0 Å². The van der Waals surface area contributed by atoms with E-state index in [1.165, 1.54) is 24.6 Å². The van der Waals surface area contributed by atoms with Crippen LogP contribution in [0.1, 0.15) is 52.5 Å². The molecule has 1 N–H and O–H groups in total. The van der Waals surface area contributed by atoms with E-state index in [4.69, 9.17) is 0 Å². The van der Waals surface area contributed by atoms with E-state index < -0.39 is 0 Å². The van der Waals surface area contributed by atoms with Gasteiger partial charge in [-0.25, -0.2) is 4.68 Å². The maximum absolute atomic E-state index is 12.0. The SMILES string of the molecule is CC1CCC(NC(=O)CSc2nnnn2C(C)C)CC1. The lowest BCUT2D eigenvalue weighted by molar-refractivity contribution is -0.119. The van der Waals surface area contributed by atoms with Gasteiger partial charge in [0.1, 0.15) is 0 Å². The van der Waals surface area contributed by atoms with E-state index in [1.54, 1.807) is 4.68 Å². The van der Waals surface area contributed by atoms with Crippen LogP contribution in [0.15, 0.2) is 5.16 Å². The smallest absolute Gasteiger partial charge is 0.230 e. The van der Waals surface area contributed by atoms with Crippen molar-refractivity contribution in [2.24, 2.45) is 5.92 Å². The molecule has 0 aromatic carbocycles. The fourth-order valence-electron chi connectivity index (χ4n) is 2.41. The van der Waals surface area contributed by atoms with Crippen LogP contribution in [0.4, 0.5) is 0 Å². The highest BCUT2D eigenvalue weighted by atomic mass is 32.2. The van der Waals surface area contributed by atoms with Crippen LogP contribution in [0, 0.1) is 5.92 Å². The quantitative estimate of drug-likeness (QED) is 0.842. The number of hydrogen-bond acceptors (Lipinski definition) is 5. The van der Waals surface area contributed by atoms with Crippen LogP contribution in [0.5, 0.6) is 0 Å². The normalized spacial score (nSPS) is 23.0. The van der Waals surface area contributed by atoms with E-state index in [2.05, 4.69) is 27.8 Å². The third-order valence-corrected chi connectivity index (χ3v) is 4.60. The van der Waals surface area contributed by atoms with Gasteiger partial charge in [-0.1, -0.05) is 18.7 Å². The minimum Gasteiger partial charge on any atom is -0.353 e. The van der Waals surface area contributed by atoms with Crippen molar-refractivity contribution in [3.63, 3.8) is 0 Å². The molecule has 1 aromatic heterocycles. The van der Waals surface area contributed by atoms with E-state index in [0.717, 1.165) is 18.8 Å². The second kappa shape index (κ2) is 7.06. The molecule has 1 amide bonds. The number of amides is 1. The number of carbonyl (C=O) groups is 1. The van der Waals surface area contributed by atoms with Crippen LogP contribution in [0.3, 0.4) is 0 Å². The van der Waals surface area contributed by atoms with Gasteiger partial charge >= 0.3 is 0 Å². The lowest BCUT2D eigenvalue weighted by Gasteiger charge is -2.26. The van der Waals surface area contributed by atoms with Crippen molar-refractivity contribution < 1.29 is 4.79 Å². The molecule has 0 bridgehead atoms. The van der Waals surface area contributed by atoms with Gasteiger partial charge in [-0.3, -0.25) is 4.79 Å². The molecule has 1 fully saturated rings. The van der Waals surface area contributed by atoms with Crippen molar-refractivity contribution in [2.75, 3.05) is 5.75 Å². The Morgan fingerprint density at radius 1 is 1.40 bits per heavy atom. The number of tetrazole rings is 1. The molecular formula is C13H23N5OS. The van der Waals surface area contributed by atoms with Gasteiger partial charge in [0, 0.05) is 6.04 Å². The van der Waals surface area contributed by atoms with Crippen molar-refractivity contribution in [3.05, 3.63) is 0 Å². The molecule has 0 aliphatic heterocycles. The van der Waals surface area contributed by atoms with Crippen LogP contribution in [0.25, 0.3) is 0 Å². The van der Waals surface area contributed by atoms with E-state index >= 15 is 0 Å². The average molecular weight is 297 g/mol. The van der Waals surface area contributed by atoms with Crippen molar-refractivity contribution >= 4 is 17.7 Å². The van der Waals surface area contributed by atoms with Crippen molar-refractivity contribution in [2.45, 2.75) is 63.7 Å². The largest absolute Gasteiger partial charge is 0.353 e. The average Bonchev–Trinajstić information content (AvgIpc) is 2.88. The highest BCUT2D eigenvalue weighted by Gasteiger charge is 2.20. The van der Waals surface area contributed by atoms with Gasteiger partial charge in [0.15, 0.2) is 0 Å². The van der Waals surface area contributed by atoms with E-state index in [0.29, 0.717) is 17.0 Å². The molecule has 0 saturated heterocycles. The number of aromatic nitrogens is 4. The zero-order valence-corrected chi connectivity index (χ0v) is 13.2. The summed E-state index contributed by atoms with van der Waals surface area (Å²) < 4.78 is 1.74. The number of nitrogens with zero attached hydrogens (tertiary/aromatic N) is 4. The van der Waals surface area contributed by atoms with E-state index in [9.17, 15) is 4.79 Å². The Balaban J connectivity index is 1.76. The summed E-state index contributed by atoms with van der Waals surface area (Å²) in [6, 6.07) is 0.552. The summed E-state index contributed by atoms with van der Waals surface area (Å²) in [6.45, 7) is 6.31. The molecule has 0 radical (unpaired) electrons. The third kappa shape index (κ3) is 4.19. The molecule has 2 rings (SSSR count). The summed E-state index contributed by atoms with van der Waals surface area (Å²) in [5, 5.41) is 15.3. The van der Waals surface area contributed by atoms with E-state index in [1.807, 2.05) is 13.8 Å². The molecule has 0 atom stereocenters. The highest BCUT2D eigenvalue weighted by molar-refractivity contribution is 7.99. The topological polar surface area (TPSA) is 72.7 Å². The molecule has 0 unspecified atom stereocenters. The monoisotopic (exact) mass is 297 g/mol. The summed E-state index contributed by atoms with van der Waals surface area (Å²) in [4.78, 5) is 12.0. The van der Waals surface area contributed by atoms with Crippen molar-refractivity contribution in [1.82, 2.24) is 25.5 Å². The molecule has 1 saturated carbocycles. The first-order valence-electron chi connectivity index (χ1n) is 7.26. The molecule has 1 aliphatic rings. The molecule has 1 aromatic rings. The first-order valence-corrected chi connectivity index (χ1v) is 8.25. The minimum absolute atomic E-state index is 0.0767. The zero-order valence-electron chi connectivity index (χ0n) is 12.4. The third-order valence-electron chi connectivity index (χ3n) is 3.67. The van der Waals surface area contributed by atoms with Gasteiger partial charge < -0.3 is 5.32 Å².